The molecule has 1 N–H and O–H groups in total. The summed E-state index contributed by atoms with van der Waals surface area (Å²) in [6.45, 7) is 2.68. The molecule has 0 saturated carbocycles. The number of allylic oxidation sites excluding steroid dienone is 1. The summed E-state index contributed by atoms with van der Waals surface area (Å²) in [5, 5.41) is 10.7. The van der Waals surface area contributed by atoms with Crippen LogP contribution in [0.5, 0.6) is 0 Å². The smallest absolute Gasteiger partial charge is 0.335 e. The lowest BCUT2D eigenvalue weighted by atomic mass is 9.79. The predicted molar refractivity (Wildman–Crippen MR) is 149 cm³/mol. The van der Waals surface area contributed by atoms with Crippen molar-refractivity contribution in [3.8, 4) is 0 Å². The zero-order chi connectivity index (χ0) is 25.9. The fraction of sp³-hybridized carbons (Fsp3) is 0.323. The van der Waals surface area contributed by atoms with Crippen LogP contribution < -0.4 is 0 Å². The zero-order valence-electron chi connectivity index (χ0n) is 20.7. The minimum absolute atomic E-state index is 0.248. The number of carbonyl (C=O) groups is 1. The van der Waals surface area contributed by atoms with E-state index in [0.29, 0.717) is 27.9 Å². The number of hydrogen-bond donors (Lipinski definition) is 1. The minimum atomic E-state index is -0.917. The van der Waals surface area contributed by atoms with Gasteiger partial charge in [-0.3, -0.25) is 4.39 Å². The van der Waals surface area contributed by atoms with Crippen molar-refractivity contribution in [1.29, 1.82) is 0 Å². The van der Waals surface area contributed by atoms with E-state index in [0.717, 1.165) is 78.7 Å². The fourth-order valence-electron chi connectivity index (χ4n) is 5.76. The summed E-state index contributed by atoms with van der Waals surface area (Å²) in [6.07, 6.45) is 4.28. The topological polar surface area (TPSA) is 40.5 Å². The Morgan fingerprint density at radius 1 is 1.00 bits per heavy atom. The van der Waals surface area contributed by atoms with Crippen LogP contribution in [0.2, 0.25) is 10.0 Å². The molecule has 1 aliphatic heterocycles. The van der Waals surface area contributed by atoms with Crippen LogP contribution in [0.4, 0.5) is 4.39 Å². The summed E-state index contributed by atoms with van der Waals surface area (Å²) in [5.74, 6) is -0.322. The van der Waals surface area contributed by atoms with E-state index in [1.54, 1.807) is 18.2 Å². The molecule has 3 aromatic rings. The van der Waals surface area contributed by atoms with Gasteiger partial charge in [0.2, 0.25) is 0 Å². The maximum absolute atomic E-state index is 12.5. The molecule has 3 aromatic carbocycles. The van der Waals surface area contributed by atoms with Gasteiger partial charge in [-0.2, -0.15) is 0 Å². The van der Waals surface area contributed by atoms with Crippen molar-refractivity contribution in [3.05, 3.63) is 104 Å². The average molecular weight is 538 g/mol. The van der Waals surface area contributed by atoms with E-state index < -0.39 is 5.97 Å². The maximum Gasteiger partial charge on any atom is 0.335 e. The van der Waals surface area contributed by atoms with Gasteiger partial charge in [0, 0.05) is 23.1 Å². The van der Waals surface area contributed by atoms with Gasteiger partial charge >= 0.3 is 5.97 Å². The molecular weight excluding hydrogens is 508 g/mol. The van der Waals surface area contributed by atoms with Crippen LogP contribution in [0.1, 0.15) is 57.4 Å². The quantitative estimate of drug-likeness (QED) is 0.318. The van der Waals surface area contributed by atoms with E-state index >= 15 is 0 Å². The monoisotopic (exact) mass is 537 g/mol. The van der Waals surface area contributed by atoms with Crippen molar-refractivity contribution in [2.24, 2.45) is 5.92 Å². The molecule has 2 aliphatic rings. The van der Waals surface area contributed by atoms with Crippen molar-refractivity contribution in [2.45, 2.75) is 32.1 Å². The second-order valence-corrected chi connectivity index (χ2v) is 10.9. The number of carboxylic acid groups (broad SMARTS) is 1. The number of hydrogen-bond acceptors (Lipinski definition) is 2. The molecule has 0 amide bonds. The first-order valence-corrected chi connectivity index (χ1v) is 13.6. The predicted octanol–water partition coefficient (Wildman–Crippen LogP) is 7.82. The van der Waals surface area contributed by atoms with Gasteiger partial charge in [0.05, 0.1) is 12.2 Å². The van der Waals surface area contributed by atoms with E-state index in [-0.39, 0.29) is 6.67 Å². The van der Waals surface area contributed by atoms with Gasteiger partial charge in [-0.1, -0.05) is 59.6 Å². The average Bonchev–Trinajstić information content (AvgIpc) is 3.34. The second-order valence-electron chi connectivity index (χ2n) is 10.1. The molecule has 0 spiro atoms. The molecule has 1 atom stereocenters. The molecular formula is C31H30Cl2FNO2. The van der Waals surface area contributed by atoms with E-state index in [9.17, 15) is 14.3 Å². The third-order valence-corrected chi connectivity index (χ3v) is 8.12. The number of likely N-dealkylation sites (tertiary alicyclic amines) is 1. The number of aryl methyl sites for hydroxylation is 1. The Morgan fingerprint density at radius 2 is 1.78 bits per heavy atom. The van der Waals surface area contributed by atoms with Crippen LogP contribution in [0.15, 0.2) is 60.7 Å². The summed E-state index contributed by atoms with van der Waals surface area (Å²) in [5.41, 5.74) is 7.96. The Kier molecular flexibility index (Phi) is 7.99. The highest BCUT2D eigenvalue weighted by Gasteiger charge is 2.25. The number of fused-ring (bicyclic) bond motifs is 1. The van der Waals surface area contributed by atoms with Crippen molar-refractivity contribution < 1.29 is 14.3 Å². The first-order chi connectivity index (χ1) is 17.9. The van der Waals surface area contributed by atoms with Crippen LogP contribution in [-0.4, -0.2) is 42.3 Å². The lowest BCUT2D eigenvalue weighted by Crippen LogP contribution is -2.22. The summed E-state index contributed by atoms with van der Waals surface area (Å²) < 4.78 is 12.5. The molecule has 192 valence electrons. The molecule has 1 saturated heterocycles. The molecule has 1 fully saturated rings. The summed E-state index contributed by atoms with van der Waals surface area (Å²) in [4.78, 5) is 14.0. The van der Waals surface area contributed by atoms with E-state index in [2.05, 4.69) is 29.2 Å². The van der Waals surface area contributed by atoms with Gasteiger partial charge in [-0.05, 0) is 108 Å². The molecule has 1 aliphatic carbocycles. The minimum Gasteiger partial charge on any atom is -0.478 e. The summed E-state index contributed by atoms with van der Waals surface area (Å²) >= 11 is 12.8. The Hall–Kier alpha value is -2.66. The lowest BCUT2D eigenvalue weighted by Gasteiger charge is -2.25. The number of alkyl halides is 1. The van der Waals surface area contributed by atoms with Crippen LogP contribution in [0.3, 0.4) is 0 Å². The third kappa shape index (κ3) is 5.77. The van der Waals surface area contributed by atoms with Crippen molar-refractivity contribution >= 4 is 40.3 Å². The summed E-state index contributed by atoms with van der Waals surface area (Å²) in [6, 6.07) is 19.7. The standard InChI is InChI=1S/C31H30Cl2FNO2/c32-25-8-11-27(29(33)18-25)28-10-6-23-17-24(31(36)37)7-9-26(23)30(28)22-4-2-20(3-5-22)16-21-12-15-35(19-21)14-1-13-34/h2-5,7-9,11,17-18,21H,1,6,10,12-16,19H2,(H,36,37). The molecule has 0 radical (unpaired) electrons. The molecule has 1 heterocycles. The lowest BCUT2D eigenvalue weighted by molar-refractivity contribution is 0.0696. The van der Waals surface area contributed by atoms with Crippen LogP contribution in [0.25, 0.3) is 11.1 Å². The molecule has 1 unspecified atom stereocenters. The van der Waals surface area contributed by atoms with Gasteiger partial charge in [-0.25, -0.2) is 4.79 Å². The Labute approximate surface area is 227 Å². The molecule has 5 rings (SSSR count). The van der Waals surface area contributed by atoms with Crippen LogP contribution in [-0.2, 0) is 12.8 Å². The van der Waals surface area contributed by atoms with Crippen molar-refractivity contribution in [2.75, 3.05) is 26.3 Å². The number of benzene rings is 3. The van der Waals surface area contributed by atoms with Crippen molar-refractivity contribution in [3.63, 3.8) is 0 Å². The number of halogens is 3. The van der Waals surface area contributed by atoms with E-state index in [4.69, 9.17) is 23.2 Å². The van der Waals surface area contributed by atoms with Crippen molar-refractivity contribution in [1.82, 2.24) is 4.90 Å². The van der Waals surface area contributed by atoms with Gasteiger partial charge in [-0.15, -0.1) is 0 Å². The third-order valence-electron chi connectivity index (χ3n) is 7.57. The second kappa shape index (κ2) is 11.4. The summed E-state index contributed by atoms with van der Waals surface area (Å²) in [7, 11) is 0. The highest BCUT2D eigenvalue weighted by atomic mass is 35.5. The van der Waals surface area contributed by atoms with Gasteiger partial charge < -0.3 is 10.0 Å². The number of rotatable bonds is 8. The van der Waals surface area contributed by atoms with E-state index in [1.807, 2.05) is 18.2 Å². The van der Waals surface area contributed by atoms with Gasteiger partial charge in [0.25, 0.3) is 0 Å². The number of carboxylic acids is 1. The molecule has 3 nitrogen and oxygen atoms in total. The van der Waals surface area contributed by atoms with Gasteiger partial charge in [0.1, 0.15) is 0 Å². The normalized spacial score (nSPS) is 17.8. The van der Waals surface area contributed by atoms with E-state index in [1.165, 1.54) is 5.56 Å². The number of aromatic carboxylic acids is 1. The maximum atomic E-state index is 12.5. The van der Waals surface area contributed by atoms with Crippen LogP contribution >= 0.6 is 23.2 Å². The molecule has 37 heavy (non-hydrogen) atoms. The SMILES string of the molecule is O=C(O)c1ccc2c(c1)CCC(c1ccc(Cl)cc1Cl)=C2c1ccc(CC2CCN(CCCF)C2)cc1. The zero-order valence-corrected chi connectivity index (χ0v) is 22.2. The van der Waals surface area contributed by atoms with Gasteiger partial charge in [0.15, 0.2) is 0 Å². The number of nitrogens with zero attached hydrogens (tertiary/aromatic N) is 1. The molecule has 6 heteroatoms. The Morgan fingerprint density at radius 3 is 2.51 bits per heavy atom. The largest absolute Gasteiger partial charge is 0.478 e. The van der Waals surface area contributed by atoms with Crippen LogP contribution in [0, 0.1) is 5.92 Å². The molecule has 0 aromatic heterocycles. The Bertz CT molecular complexity index is 1340. The first kappa shape index (κ1) is 26.0. The Balaban J connectivity index is 1.48. The highest BCUT2D eigenvalue weighted by Crippen LogP contribution is 2.43. The first-order valence-electron chi connectivity index (χ1n) is 12.9. The fourth-order valence-corrected chi connectivity index (χ4v) is 6.29. The molecule has 0 bridgehead atoms. The highest BCUT2D eigenvalue weighted by molar-refractivity contribution is 6.36.